The maximum Gasteiger partial charge on any atom is 0.243 e. The highest BCUT2D eigenvalue weighted by molar-refractivity contribution is 7.99. The molecule has 0 saturated carbocycles. The van der Waals surface area contributed by atoms with Gasteiger partial charge in [0.2, 0.25) is 11.8 Å². The Morgan fingerprint density at radius 2 is 2.00 bits per heavy atom. The predicted octanol–water partition coefficient (Wildman–Crippen LogP) is 3.03. The Labute approximate surface area is 166 Å². The Hall–Kier alpha value is -1.53. The molecule has 0 radical (unpaired) electrons. The molecule has 3 unspecified atom stereocenters. The number of carbonyl (C=O) groups excluding carboxylic acids is 2. The summed E-state index contributed by atoms with van der Waals surface area (Å²) in [6.45, 7) is 6.72. The van der Waals surface area contributed by atoms with E-state index in [0.717, 1.165) is 18.5 Å². The van der Waals surface area contributed by atoms with E-state index in [4.69, 9.17) is 0 Å². The largest absolute Gasteiger partial charge is 0.354 e. The normalized spacial score (nSPS) is 26.1. The zero-order chi connectivity index (χ0) is 19.2. The Bertz CT molecular complexity index is 640. The van der Waals surface area contributed by atoms with Crippen molar-refractivity contribution in [3.8, 4) is 0 Å². The summed E-state index contributed by atoms with van der Waals surface area (Å²) in [5.74, 6) is 0.577. The van der Waals surface area contributed by atoms with Gasteiger partial charge in [0.15, 0.2) is 0 Å². The fraction of sp³-hybridized carbons (Fsp3) is 0.619. The van der Waals surface area contributed by atoms with Crippen LogP contribution < -0.4 is 5.32 Å². The van der Waals surface area contributed by atoms with Crippen molar-refractivity contribution in [1.82, 2.24) is 15.1 Å². The first-order valence-electron chi connectivity index (χ1n) is 10.0. The van der Waals surface area contributed by atoms with Gasteiger partial charge in [-0.25, -0.2) is 0 Å². The van der Waals surface area contributed by atoms with Gasteiger partial charge in [0.25, 0.3) is 0 Å². The highest BCUT2D eigenvalue weighted by Crippen LogP contribution is 2.41. The lowest BCUT2D eigenvalue weighted by atomic mass is 10.0. The standard InChI is InChI=1S/C21H31N3O2S/c1-16-9-6-7-13-23(16)14-8-12-22-20(26)19-15-27-21(24(19)17(2)25)18-10-4-3-5-11-18/h3-5,10-11,16,19,21H,6-9,12-15H2,1-2H3,(H,22,26). The predicted molar refractivity (Wildman–Crippen MR) is 110 cm³/mol. The second-order valence-corrected chi connectivity index (χ2v) is 8.68. The number of hydrogen-bond donors (Lipinski definition) is 1. The van der Waals surface area contributed by atoms with Gasteiger partial charge in [0.1, 0.15) is 11.4 Å². The second kappa shape index (κ2) is 9.60. The quantitative estimate of drug-likeness (QED) is 0.760. The van der Waals surface area contributed by atoms with Crippen LogP contribution in [0.3, 0.4) is 0 Å². The molecule has 1 aromatic rings. The van der Waals surface area contributed by atoms with E-state index in [1.54, 1.807) is 23.6 Å². The molecule has 2 aliphatic rings. The summed E-state index contributed by atoms with van der Waals surface area (Å²) in [7, 11) is 0. The fourth-order valence-corrected chi connectivity index (χ4v) is 5.55. The zero-order valence-corrected chi connectivity index (χ0v) is 17.2. The molecule has 3 rings (SSSR count). The van der Waals surface area contributed by atoms with Crippen molar-refractivity contribution in [2.75, 3.05) is 25.4 Å². The minimum Gasteiger partial charge on any atom is -0.354 e. The molecule has 2 fully saturated rings. The lowest BCUT2D eigenvalue weighted by molar-refractivity contribution is -0.138. The van der Waals surface area contributed by atoms with Crippen LogP contribution in [0, 0.1) is 0 Å². The lowest BCUT2D eigenvalue weighted by Crippen LogP contribution is -2.47. The van der Waals surface area contributed by atoms with Crippen molar-refractivity contribution in [2.45, 2.75) is 57.0 Å². The van der Waals surface area contributed by atoms with Gasteiger partial charge < -0.3 is 15.1 Å². The average Bonchev–Trinajstić information content (AvgIpc) is 3.12. The van der Waals surface area contributed by atoms with Crippen molar-refractivity contribution in [3.63, 3.8) is 0 Å². The van der Waals surface area contributed by atoms with E-state index in [-0.39, 0.29) is 23.2 Å². The summed E-state index contributed by atoms with van der Waals surface area (Å²) in [4.78, 5) is 29.2. The molecule has 1 N–H and O–H groups in total. The summed E-state index contributed by atoms with van der Waals surface area (Å²) >= 11 is 1.67. The van der Waals surface area contributed by atoms with Crippen LogP contribution in [-0.2, 0) is 9.59 Å². The number of likely N-dealkylation sites (tertiary alicyclic amines) is 1. The lowest BCUT2D eigenvalue weighted by Gasteiger charge is -2.33. The van der Waals surface area contributed by atoms with Gasteiger partial charge in [0.05, 0.1) is 0 Å². The molecular weight excluding hydrogens is 358 g/mol. The number of benzene rings is 1. The van der Waals surface area contributed by atoms with Crippen molar-refractivity contribution in [1.29, 1.82) is 0 Å². The molecule has 0 bridgehead atoms. The van der Waals surface area contributed by atoms with Crippen molar-refractivity contribution >= 4 is 23.6 Å². The molecule has 2 amide bonds. The Kier molecular flexibility index (Phi) is 7.19. The Morgan fingerprint density at radius 3 is 2.70 bits per heavy atom. The Morgan fingerprint density at radius 1 is 1.22 bits per heavy atom. The number of carbonyl (C=O) groups is 2. The Balaban J connectivity index is 1.50. The summed E-state index contributed by atoms with van der Waals surface area (Å²) in [6, 6.07) is 10.2. The molecular formula is C21H31N3O2S. The number of hydrogen-bond acceptors (Lipinski definition) is 4. The number of rotatable bonds is 6. The van der Waals surface area contributed by atoms with Gasteiger partial charge in [-0.05, 0) is 38.3 Å². The van der Waals surface area contributed by atoms with E-state index in [0.29, 0.717) is 18.3 Å². The summed E-state index contributed by atoms with van der Waals surface area (Å²) in [5, 5.41) is 2.99. The van der Waals surface area contributed by atoms with E-state index >= 15 is 0 Å². The van der Waals surface area contributed by atoms with Crippen molar-refractivity contribution in [2.24, 2.45) is 0 Å². The van der Waals surface area contributed by atoms with Crippen LogP contribution in [0.2, 0.25) is 0 Å². The van der Waals surface area contributed by atoms with Crippen LogP contribution in [0.1, 0.15) is 50.5 Å². The number of thioether (sulfide) groups is 1. The molecule has 3 atom stereocenters. The highest BCUT2D eigenvalue weighted by Gasteiger charge is 2.40. The number of nitrogens with one attached hydrogen (secondary N) is 1. The number of nitrogens with zero attached hydrogens (tertiary/aromatic N) is 2. The van der Waals surface area contributed by atoms with E-state index in [2.05, 4.69) is 17.1 Å². The highest BCUT2D eigenvalue weighted by atomic mass is 32.2. The van der Waals surface area contributed by atoms with Crippen molar-refractivity contribution < 1.29 is 9.59 Å². The molecule has 2 heterocycles. The van der Waals surface area contributed by atoms with Gasteiger partial charge in [0, 0.05) is 31.8 Å². The zero-order valence-electron chi connectivity index (χ0n) is 16.4. The molecule has 0 spiro atoms. The van der Waals surface area contributed by atoms with Crippen LogP contribution in [0.25, 0.3) is 0 Å². The smallest absolute Gasteiger partial charge is 0.243 e. The van der Waals surface area contributed by atoms with Crippen LogP contribution in [0.4, 0.5) is 0 Å². The molecule has 27 heavy (non-hydrogen) atoms. The van der Waals surface area contributed by atoms with E-state index in [9.17, 15) is 9.59 Å². The second-order valence-electron chi connectivity index (χ2n) is 7.56. The van der Waals surface area contributed by atoms with Crippen molar-refractivity contribution in [3.05, 3.63) is 35.9 Å². The minimum atomic E-state index is -0.383. The van der Waals surface area contributed by atoms with Crippen LogP contribution >= 0.6 is 11.8 Å². The average molecular weight is 390 g/mol. The van der Waals surface area contributed by atoms with Gasteiger partial charge in [-0.3, -0.25) is 9.59 Å². The van der Waals surface area contributed by atoms with E-state index in [1.165, 1.54) is 25.8 Å². The number of amides is 2. The molecule has 6 heteroatoms. The topological polar surface area (TPSA) is 52.7 Å². The third kappa shape index (κ3) is 5.05. The third-order valence-electron chi connectivity index (χ3n) is 5.61. The molecule has 5 nitrogen and oxygen atoms in total. The van der Waals surface area contributed by atoms with E-state index in [1.807, 2.05) is 30.3 Å². The third-order valence-corrected chi connectivity index (χ3v) is 6.94. The van der Waals surface area contributed by atoms with Gasteiger partial charge in [-0.1, -0.05) is 36.8 Å². The maximum atomic E-state index is 12.7. The van der Waals surface area contributed by atoms with E-state index < -0.39 is 0 Å². The number of piperidine rings is 1. The van der Waals surface area contributed by atoms with Crippen LogP contribution in [0.15, 0.2) is 30.3 Å². The van der Waals surface area contributed by atoms with Gasteiger partial charge in [-0.2, -0.15) is 0 Å². The summed E-state index contributed by atoms with van der Waals surface area (Å²) in [6.07, 6.45) is 4.85. The maximum absolute atomic E-state index is 12.7. The molecule has 1 aromatic carbocycles. The van der Waals surface area contributed by atoms with Crippen LogP contribution in [0.5, 0.6) is 0 Å². The molecule has 2 aliphatic heterocycles. The first kappa shape index (κ1) is 20.2. The molecule has 148 valence electrons. The molecule has 0 aromatic heterocycles. The fourth-order valence-electron chi connectivity index (χ4n) is 4.07. The summed E-state index contributed by atoms with van der Waals surface area (Å²) in [5.41, 5.74) is 1.08. The molecule has 2 saturated heterocycles. The van der Waals surface area contributed by atoms with Gasteiger partial charge >= 0.3 is 0 Å². The minimum absolute atomic E-state index is 0.0252. The SMILES string of the molecule is CC(=O)N1C(C(=O)NCCCN2CCCCC2C)CSC1c1ccccc1. The summed E-state index contributed by atoms with van der Waals surface area (Å²) < 4.78 is 0. The monoisotopic (exact) mass is 389 g/mol. The first-order chi connectivity index (χ1) is 13.1. The van der Waals surface area contributed by atoms with Crippen LogP contribution in [-0.4, -0.2) is 59.1 Å². The molecule has 0 aliphatic carbocycles. The first-order valence-corrected chi connectivity index (χ1v) is 11.1. The van der Waals surface area contributed by atoms with Gasteiger partial charge in [-0.15, -0.1) is 11.8 Å².